The van der Waals surface area contributed by atoms with Gasteiger partial charge in [0.15, 0.2) is 11.6 Å². The van der Waals surface area contributed by atoms with Crippen LogP contribution in [0.3, 0.4) is 0 Å². The normalized spacial score (nSPS) is 12.0. The number of nitrogens with zero attached hydrogens (tertiary/aromatic N) is 1. The molecule has 13 heteroatoms. The van der Waals surface area contributed by atoms with Gasteiger partial charge in [-0.2, -0.15) is 0 Å². The lowest BCUT2D eigenvalue weighted by Gasteiger charge is -2.13. The molecule has 0 saturated carbocycles. The molecule has 0 fully saturated rings. The third-order valence-electron chi connectivity index (χ3n) is 4.72. The van der Waals surface area contributed by atoms with Gasteiger partial charge in [0.25, 0.3) is 5.91 Å². The average Bonchev–Trinajstić information content (AvgIpc) is 2.73. The summed E-state index contributed by atoms with van der Waals surface area (Å²) in [6.07, 6.45) is -4.42. The van der Waals surface area contributed by atoms with Gasteiger partial charge in [-0.05, 0) is 54.4 Å². The molecule has 3 rings (SSSR count). The van der Waals surface area contributed by atoms with Gasteiger partial charge >= 0.3 is 6.36 Å². The highest BCUT2D eigenvalue weighted by atomic mass is 32.2. The van der Waals surface area contributed by atoms with Crippen LogP contribution in [-0.4, -0.2) is 25.7 Å². The molecule has 0 atom stereocenters. The number of benzene rings is 2. The number of primary amides is 1. The summed E-state index contributed by atoms with van der Waals surface area (Å²) in [6, 6.07) is 4.22. The Balaban J connectivity index is 1.98. The molecule has 180 valence electrons. The zero-order chi connectivity index (χ0) is 25.4. The summed E-state index contributed by atoms with van der Waals surface area (Å²) in [4.78, 5) is 12.9. The van der Waals surface area contributed by atoms with E-state index in [2.05, 4.69) is 9.72 Å². The van der Waals surface area contributed by atoms with E-state index in [1.165, 1.54) is 13.0 Å². The van der Waals surface area contributed by atoms with Gasteiger partial charge in [0.1, 0.15) is 22.2 Å². The number of rotatable bonds is 6. The molecule has 1 amide bonds. The minimum atomic E-state index is -5.03. The van der Waals surface area contributed by atoms with Crippen LogP contribution < -0.4 is 10.5 Å². The highest BCUT2D eigenvalue weighted by Crippen LogP contribution is 2.31. The standard InChI is InChI=1S/C21H14F6N2O4S/c1-10-6-16(20(28)30)29-9-11(10)7-14-15(22)8-17(19(24)18(14)23)34(31,32)13-4-2-12(3-5-13)33-21(25,26)27/h2-6,8-9H,7H2,1H3,(H2,28,30). The number of carbonyl (C=O) groups excluding carboxylic acids is 1. The molecule has 2 aromatic carbocycles. The number of alkyl halides is 3. The van der Waals surface area contributed by atoms with Crippen LogP contribution in [0.4, 0.5) is 26.3 Å². The molecule has 0 aliphatic rings. The van der Waals surface area contributed by atoms with Gasteiger partial charge in [0.2, 0.25) is 9.84 Å². The predicted octanol–water partition coefficient (Wildman–Crippen LogP) is 4.23. The number of hydrogen-bond donors (Lipinski definition) is 1. The number of nitrogens with two attached hydrogens (primary N) is 1. The first-order valence-electron chi connectivity index (χ1n) is 9.23. The van der Waals surface area contributed by atoms with E-state index in [1.54, 1.807) is 0 Å². The van der Waals surface area contributed by atoms with E-state index >= 15 is 0 Å². The van der Waals surface area contributed by atoms with E-state index in [-0.39, 0.29) is 17.3 Å². The van der Waals surface area contributed by atoms with Crippen molar-refractivity contribution in [3.63, 3.8) is 0 Å². The number of aryl methyl sites for hydroxylation is 1. The Morgan fingerprint density at radius 3 is 2.21 bits per heavy atom. The minimum Gasteiger partial charge on any atom is -0.406 e. The molecule has 0 spiro atoms. The zero-order valence-corrected chi connectivity index (χ0v) is 17.9. The van der Waals surface area contributed by atoms with E-state index < -0.39 is 67.1 Å². The van der Waals surface area contributed by atoms with Crippen LogP contribution in [0.2, 0.25) is 0 Å². The number of pyridine rings is 1. The Bertz CT molecular complexity index is 1370. The number of halogens is 6. The molecule has 0 saturated heterocycles. The van der Waals surface area contributed by atoms with Crippen LogP contribution in [0, 0.1) is 24.4 Å². The second-order valence-corrected chi connectivity index (χ2v) is 8.94. The molecule has 0 unspecified atom stereocenters. The van der Waals surface area contributed by atoms with Gasteiger partial charge in [-0.25, -0.2) is 21.6 Å². The van der Waals surface area contributed by atoms with Crippen molar-refractivity contribution in [1.29, 1.82) is 0 Å². The fraction of sp³-hybridized carbons (Fsp3) is 0.143. The summed E-state index contributed by atoms with van der Waals surface area (Å²) in [7, 11) is -4.84. The zero-order valence-electron chi connectivity index (χ0n) is 17.1. The maximum absolute atomic E-state index is 14.7. The second kappa shape index (κ2) is 8.97. The summed E-state index contributed by atoms with van der Waals surface area (Å²) < 4.78 is 110. The molecular formula is C21H14F6N2O4S. The van der Waals surface area contributed by atoms with Crippen molar-refractivity contribution in [2.75, 3.05) is 0 Å². The molecule has 2 N–H and O–H groups in total. The van der Waals surface area contributed by atoms with Gasteiger partial charge in [0, 0.05) is 18.2 Å². The highest BCUT2D eigenvalue weighted by Gasteiger charge is 2.32. The van der Waals surface area contributed by atoms with Crippen LogP contribution in [0.5, 0.6) is 5.75 Å². The van der Waals surface area contributed by atoms with Crippen molar-refractivity contribution < 1.29 is 44.3 Å². The van der Waals surface area contributed by atoms with Crippen molar-refractivity contribution in [3.8, 4) is 5.75 Å². The van der Waals surface area contributed by atoms with E-state index in [0.717, 1.165) is 6.20 Å². The number of carbonyl (C=O) groups is 1. The van der Waals surface area contributed by atoms with E-state index in [1.807, 2.05) is 0 Å². The Labute approximate surface area is 188 Å². The summed E-state index contributed by atoms with van der Waals surface area (Å²) in [5.74, 6) is -6.59. The van der Waals surface area contributed by atoms with Crippen LogP contribution in [0.1, 0.15) is 27.2 Å². The molecule has 6 nitrogen and oxygen atoms in total. The number of hydrogen-bond acceptors (Lipinski definition) is 5. The van der Waals surface area contributed by atoms with Crippen molar-refractivity contribution in [2.24, 2.45) is 5.73 Å². The van der Waals surface area contributed by atoms with Crippen molar-refractivity contribution in [3.05, 3.63) is 82.4 Å². The lowest BCUT2D eigenvalue weighted by molar-refractivity contribution is -0.274. The number of sulfone groups is 1. The lowest BCUT2D eigenvalue weighted by Crippen LogP contribution is -2.17. The monoisotopic (exact) mass is 504 g/mol. The summed E-state index contributed by atoms with van der Waals surface area (Å²) >= 11 is 0. The Hall–Kier alpha value is -3.61. The molecule has 34 heavy (non-hydrogen) atoms. The van der Waals surface area contributed by atoms with Crippen LogP contribution in [0.25, 0.3) is 0 Å². The van der Waals surface area contributed by atoms with Crippen molar-refractivity contribution >= 4 is 15.7 Å². The van der Waals surface area contributed by atoms with E-state index in [9.17, 15) is 39.6 Å². The fourth-order valence-electron chi connectivity index (χ4n) is 3.01. The van der Waals surface area contributed by atoms with E-state index in [4.69, 9.17) is 5.73 Å². The fourth-order valence-corrected chi connectivity index (χ4v) is 4.34. The third kappa shape index (κ3) is 5.14. The van der Waals surface area contributed by atoms with Gasteiger partial charge in [-0.15, -0.1) is 13.2 Å². The molecule has 0 aliphatic heterocycles. The van der Waals surface area contributed by atoms with Crippen LogP contribution in [0.15, 0.2) is 52.4 Å². The molecule has 0 radical (unpaired) electrons. The topological polar surface area (TPSA) is 99.4 Å². The largest absolute Gasteiger partial charge is 0.573 e. The second-order valence-electron chi connectivity index (χ2n) is 7.02. The maximum Gasteiger partial charge on any atom is 0.573 e. The average molecular weight is 504 g/mol. The molecule has 3 aromatic rings. The van der Waals surface area contributed by atoms with Crippen LogP contribution in [-0.2, 0) is 16.3 Å². The Kier molecular flexibility index (Phi) is 6.60. The smallest absolute Gasteiger partial charge is 0.406 e. The lowest BCUT2D eigenvalue weighted by atomic mass is 10.0. The van der Waals surface area contributed by atoms with Gasteiger partial charge in [-0.1, -0.05) is 0 Å². The number of ether oxygens (including phenoxy) is 1. The number of amides is 1. The van der Waals surface area contributed by atoms with E-state index in [0.29, 0.717) is 29.8 Å². The quantitative estimate of drug-likeness (QED) is 0.400. The molecule has 0 aliphatic carbocycles. The molecule has 0 bridgehead atoms. The Morgan fingerprint density at radius 1 is 1.06 bits per heavy atom. The van der Waals surface area contributed by atoms with Crippen LogP contribution >= 0.6 is 0 Å². The molecular weight excluding hydrogens is 490 g/mol. The Morgan fingerprint density at radius 2 is 1.68 bits per heavy atom. The van der Waals surface area contributed by atoms with Crippen molar-refractivity contribution in [2.45, 2.75) is 29.5 Å². The van der Waals surface area contributed by atoms with Gasteiger partial charge < -0.3 is 10.5 Å². The van der Waals surface area contributed by atoms with Gasteiger partial charge in [0.05, 0.1) is 4.90 Å². The summed E-state index contributed by atoms with van der Waals surface area (Å²) in [6.45, 7) is 1.50. The number of aromatic nitrogens is 1. The summed E-state index contributed by atoms with van der Waals surface area (Å²) in [5.41, 5.74) is 4.82. The molecule has 1 aromatic heterocycles. The predicted molar refractivity (Wildman–Crippen MR) is 105 cm³/mol. The maximum atomic E-state index is 14.7. The molecule has 1 heterocycles. The summed E-state index contributed by atoms with van der Waals surface area (Å²) in [5, 5.41) is 0. The highest BCUT2D eigenvalue weighted by molar-refractivity contribution is 7.91. The minimum absolute atomic E-state index is 0.0959. The first-order chi connectivity index (χ1) is 15.7. The SMILES string of the molecule is Cc1cc(C(N)=O)ncc1Cc1c(F)cc(S(=O)(=O)c2ccc(OC(F)(F)F)cc2)c(F)c1F. The third-order valence-corrected chi connectivity index (χ3v) is 6.48. The van der Waals surface area contributed by atoms with Gasteiger partial charge in [-0.3, -0.25) is 9.78 Å². The first-order valence-corrected chi connectivity index (χ1v) is 10.7. The van der Waals surface area contributed by atoms with Crippen molar-refractivity contribution in [1.82, 2.24) is 4.98 Å². The first kappa shape index (κ1) is 25.0.